The van der Waals surface area contributed by atoms with Crippen LogP contribution in [0.5, 0.6) is 0 Å². The fraction of sp³-hybridized carbons (Fsp3) is 0. The summed E-state index contributed by atoms with van der Waals surface area (Å²) in [5.74, 6) is 0.449. The quantitative estimate of drug-likeness (QED) is 0.668. The molecule has 2 N–H and O–H groups in total. The van der Waals surface area contributed by atoms with Crippen molar-refractivity contribution in [2.24, 2.45) is 0 Å². The SMILES string of the molecule is Nc1nccn2c(-c3ccccc3)cnc12. The maximum Gasteiger partial charge on any atom is 0.180 e. The lowest BCUT2D eigenvalue weighted by Gasteiger charge is -2.01. The lowest BCUT2D eigenvalue weighted by atomic mass is 10.2. The minimum absolute atomic E-state index is 0.449. The van der Waals surface area contributed by atoms with Gasteiger partial charge in [-0.25, -0.2) is 9.97 Å². The number of benzene rings is 1. The van der Waals surface area contributed by atoms with Gasteiger partial charge < -0.3 is 5.73 Å². The fourth-order valence-corrected chi connectivity index (χ4v) is 1.76. The molecule has 0 saturated carbocycles. The van der Waals surface area contributed by atoms with Crippen molar-refractivity contribution < 1.29 is 0 Å². The van der Waals surface area contributed by atoms with Gasteiger partial charge in [-0.2, -0.15) is 0 Å². The molecule has 3 aromatic rings. The third-order valence-corrected chi connectivity index (χ3v) is 2.52. The average Bonchev–Trinajstić information content (AvgIpc) is 2.75. The van der Waals surface area contributed by atoms with Gasteiger partial charge in [0.2, 0.25) is 0 Å². The molecule has 4 nitrogen and oxygen atoms in total. The fourth-order valence-electron chi connectivity index (χ4n) is 1.76. The summed E-state index contributed by atoms with van der Waals surface area (Å²) in [6.45, 7) is 0. The zero-order valence-corrected chi connectivity index (χ0v) is 8.54. The lowest BCUT2D eigenvalue weighted by Crippen LogP contribution is -1.96. The Morgan fingerprint density at radius 1 is 1.06 bits per heavy atom. The summed E-state index contributed by atoms with van der Waals surface area (Å²) in [7, 11) is 0. The highest BCUT2D eigenvalue weighted by Gasteiger charge is 2.07. The van der Waals surface area contributed by atoms with Crippen molar-refractivity contribution in [1.82, 2.24) is 14.4 Å². The zero-order valence-electron chi connectivity index (χ0n) is 8.54. The van der Waals surface area contributed by atoms with Crippen molar-refractivity contribution >= 4 is 11.5 Å². The highest BCUT2D eigenvalue weighted by Crippen LogP contribution is 2.21. The number of rotatable bonds is 1. The van der Waals surface area contributed by atoms with Gasteiger partial charge in [-0.1, -0.05) is 30.3 Å². The minimum Gasteiger partial charge on any atom is -0.381 e. The van der Waals surface area contributed by atoms with Crippen LogP contribution in [0.1, 0.15) is 0 Å². The number of hydrogen-bond acceptors (Lipinski definition) is 3. The summed E-state index contributed by atoms with van der Waals surface area (Å²) >= 11 is 0. The molecular formula is C12H10N4. The van der Waals surface area contributed by atoms with Gasteiger partial charge in [-0.05, 0) is 0 Å². The van der Waals surface area contributed by atoms with E-state index in [0.29, 0.717) is 11.5 Å². The molecule has 2 aromatic heterocycles. The lowest BCUT2D eigenvalue weighted by molar-refractivity contribution is 1.14. The molecule has 1 aromatic carbocycles. The number of aromatic nitrogens is 3. The second-order valence-electron chi connectivity index (χ2n) is 3.52. The molecule has 0 atom stereocenters. The molecular weight excluding hydrogens is 200 g/mol. The maximum atomic E-state index is 5.75. The van der Waals surface area contributed by atoms with E-state index in [1.165, 1.54) is 0 Å². The summed E-state index contributed by atoms with van der Waals surface area (Å²) in [4.78, 5) is 8.28. The Labute approximate surface area is 92.4 Å². The van der Waals surface area contributed by atoms with E-state index in [-0.39, 0.29) is 0 Å². The third kappa shape index (κ3) is 1.24. The predicted molar refractivity (Wildman–Crippen MR) is 62.8 cm³/mol. The van der Waals surface area contributed by atoms with Crippen LogP contribution in [-0.4, -0.2) is 14.4 Å². The Kier molecular flexibility index (Phi) is 1.86. The molecule has 16 heavy (non-hydrogen) atoms. The van der Waals surface area contributed by atoms with Crippen LogP contribution in [0.4, 0.5) is 5.82 Å². The average molecular weight is 210 g/mol. The molecule has 0 aliphatic carbocycles. The van der Waals surface area contributed by atoms with Crippen LogP contribution < -0.4 is 5.73 Å². The topological polar surface area (TPSA) is 56.2 Å². The highest BCUT2D eigenvalue weighted by molar-refractivity contribution is 5.68. The van der Waals surface area contributed by atoms with Gasteiger partial charge in [0.25, 0.3) is 0 Å². The van der Waals surface area contributed by atoms with E-state index in [0.717, 1.165) is 11.3 Å². The van der Waals surface area contributed by atoms with Crippen molar-refractivity contribution in [3.63, 3.8) is 0 Å². The maximum absolute atomic E-state index is 5.75. The molecule has 0 radical (unpaired) electrons. The van der Waals surface area contributed by atoms with E-state index >= 15 is 0 Å². The molecule has 0 unspecified atom stereocenters. The first-order valence-electron chi connectivity index (χ1n) is 4.99. The Balaban J connectivity index is 2.30. The van der Waals surface area contributed by atoms with Crippen LogP contribution in [0.15, 0.2) is 48.9 Å². The number of nitrogen functional groups attached to an aromatic ring is 1. The minimum atomic E-state index is 0.449. The molecule has 0 bridgehead atoms. The Bertz CT molecular complexity index is 628. The van der Waals surface area contributed by atoms with Crippen molar-refractivity contribution in [2.45, 2.75) is 0 Å². The molecule has 4 heteroatoms. The number of anilines is 1. The van der Waals surface area contributed by atoms with E-state index in [9.17, 15) is 0 Å². The standard InChI is InChI=1S/C12H10N4/c13-11-12-15-8-10(16(12)7-6-14-11)9-4-2-1-3-5-9/h1-8H,(H2,13,14). The van der Waals surface area contributed by atoms with Crippen LogP contribution >= 0.6 is 0 Å². The predicted octanol–water partition coefficient (Wildman–Crippen LogP) is 1.98. The summed E-state index contributed by atoms with van der Waals surface area (Å²) < 4.78 is 1.94. The summed E-state index contributed by atoms with van der Waals surface area (Å²) in [5.41, 5.74) is 8.58. The van der Waals surface area contributed by atoms with Gasteiger partial charge in [0, 0.05) is 18.0 Å². The van der Waals surface area contributed by atoms with Crippen molar-refractivity contribution in [3.05, 3.63) is 48.9 Å². The number of imidazole rings is 1. The molecule has 0 spiro atoms. The van der Waals surface area contributed by atoms with E-state index in [2.05, 4.69) is 9.97 Å². The second kappa shape index (κ2) is 3.34. The number of fused-ring (bicyclic) bond motifs is 1. The van der Waals surface area contributed by atoms with Gasteiger partial charge in [0.15, 0.2) is 11.5 Å². The van der Waals surface area contributed by atoms with Gasteiger partial charge >= 0.3 is 0 Å². The Morgan fingerprint density at radius 2 is 1.88 bits per heavy atom. The Morgan fingerprint density at radius 3 is 2.69 bits per heavy atom. The smallest absolute Gasteiger partial charge is 0.180 e. The summed E-state index contributed by atoms with van der Waals surface area (Å²) in [6.07, 6.45) is 5.35. The van der Waals surface area contributed by atoms with E-state index in [4.69, 9.17) is 5.73 Å². The van der Waals surface area contributed by atoms with E-state index in [1.54, 1.807) is 6.20 Å². The highest BCUT2D eigenvalue weighted by atomic mass is 15.1. The van der Waals surface area contributed by atoms with E-state index < -0.39 is 0 Å². The van der Waals surface area contributed by atoms with Crippen molar-refractivity contribution in [2.75, 3.05) is 5.73 Å². The van der Waals surface area contributed by atoms with Crippen LogP contribution in [0.3, 0.4) is 0 Å². The zero-order chi connectivity index (χ0) is 11.0. The number of hydrogen-bond donors (Lipinski definition) is 1. The summed E-state index contributed by atoms with van der Waals surface area (Å²) in [6, 6.07) is 10.1. The molecule has 3 rings (SSSR count). The first kappa shape index (κ1) is 8.91. The molecule has 0 fully saturated rings. The molecule has 0 aliphatic rings. The second-order valence-corrected chi connectivity index (χ2v) is 3.52. The van der Waals surface area contributed by atoms with Crippen LogP contribution in [-0.2, 0) is 0 Å². The summed E-state index contributed by atoms with van der Waals surface area (Å²) in [5, 5.41) is 0. The van der Waals surface area contributed by atoms with Gasteiger partial charge in [-0.3, -0.25) is 4.40 Å². The molecule has 2 heterocycles. The largest absolute Gasteiger partial charge is 0.381 e. The van der Waals surface area contributed by atoms with Gasteiger partial charge in [-0.15, -0.1) is 0 Å². The molecule has 0 amide bonds. The molecule has 0 saturated heterocycles. The van der Waals surface area contributed by atoms with Gasteiger partial charge in [0.1, 0.15) is 0 Å². The van der Waals surface area contributed by atoms with Crippen molar-refractivity contribution in [3.8, 4) is 11.3 Å². The molecule has 0 aliphatic heterocycles. The number of nitrogens with two attached hydrogens (primary N) is 1. The van der Waals surface area contributed by atoms with Crippen molar-refractivity contribution in [1.29, 1.82) is 0 Å². The first-order chi connectivity index (χ1) is 7.86. The van der Waals surface area contributed by atoms with Crippen LogP contribution in [0.2, 0.25) is 0 Å². The van der Waals surface area contributed by atoms with Crippen LogP contribution in [0.25, 0.3) is 16.9 Å². The Hall–Kier alpha value is -2.36. The first-order valence-corrected chi connectivity index (χ1v) is 4.99. The normalized spacial score (nSPS) is 10.8. The molecule has 78 valence electrons. The monoisotopic (exact) mass is 210 g/mol. The third-order valence-electron chi connectivity index (χ3n) is 2.52. The van der Waals surface area contributed by atoms with Crippen LogP contribution in [0, 0.1) is 0 Å². The number of nitrogens with zero attached hydrogens (tertiary/aromatic N) is 3. The van der Waals surface area contributed by atoms with Gasteiger partial charge in [0.05, 0.1) is 11.9 Å². The van der Waals surface area contributed by atoms with E-state index in [1.807, 2.05) is 47.1 Å².